The maximum absolute atomic E-state index is 13.3. The molecule has 34 heavy (non-hydrogen) atoms. The van der Waals surface area contributed by atoms with Crippen molar-refractivity contribution in [3.63, 3.8) is 0 Å². The first-order valence-electron chi connectivity index (χ1n) is 10.7. The van der Waals surface area contributed by atoms with E-state index in [0.717, 1.165) is 0 Å². The Morgan fingerprint density at radius 3 is 2.74 bits per heavy atom. The number of halogens is 1. The molecule has 0 bridgehead atoms. The van der Waals surface area contributed by atoms with E-state index in [1.54, 1.807) is 30.1 Å². The average molecular weight is 509 g/mol. The molecule has 0 aromatic heterocycles. The fraction of sp³-hybridized carbons (Fsp3) is 0.391. The van der Waals surface area contributed by atoms with Crippen LogP contribution in [0.25, 0.3) is 0 Å². The highest BCUT2D eigenvalue weighted by molar-refractivity contribution is 7.92. The van der Waals surface area contributed by atoms with Crippen LogP contribution in [0.15, 0.2) is 47.4 Å². The molecule has 0 radical (unpaired) electrons. The minimum absolute atomic E-state index is 0.0631. The first-order valence-corrected chi connectivity index (χ1v) is 12.6. The topological polar surface area (TPSA) is 111 Å². The Bertz CT molecular complexity index is 1200. The van der Waals surface area contributed by atoms with Crippen molar-refractivity contribution in [3.05, 3.63) is 53.1 Å². The van der Waals surface area contributed by atoms with Gasteiger partial charge in [-0.25, -0.2) is 8.42 Å². The predicted octanol–water partition coefficient (Wildman–Crippen LogP) is 3.08. The number of esters is 1. The third-order valence-corrected chi connectivity index (χ3v) is 7.89. The predicted molar refractivity (Wildman–Crippen MR) is 125 cm³/mol. The van der Waals surface area contributed by atoms with Gasteiger partial charge in [0.2, 0.25) is 0 Å². The van der Waals surface area contributed by atoms with Gasteiger partial charge < -0.3 is 19.1 Å². The number of nitrogens with zero attached hydrogens (tertiary/aromatic N) is 1. The highest BCUT2D eigenvalue weighted by Crippen LogP contribution is 2.33. The Hall–Kier alpha value is -2.82. The van der Waals surface area contributed by atoms with Crippen molar-refractivity contribution in [3.8, 4) is 5.75 Å². The third-order valence-electron chi connectivity index (χ3n) is 6.01. The Morgan fingerprint density at radius 2 is 2.00 bits per heavy atom. The molecular formula is C23H25ClN2O7S. The van der Waals surface area contributed by atoms with Gasteiger partial charge >= 0.3 is 5.97 Å². The standard InChI is InChI=1S/C23H25ClN2O7S/c1-26-18-9-8-15(12-22(27)31-2)33-20(18)13-32-19-10-7-14(11-16(19)23(26)28)25-34(29,30)21-6-4-3-5-17(21)24/h3-7,10-11,15,18,20,25H,8-9,12-13H2,1-2H3/t15-,18-,20+/m0/s1. The van der Waals surface area contributed by atoms with Gasteiger partial charge in [-0.1, -0.05) is 23.7 Å². The van der Waals surface area contributed by atoms with Crippen molar-refractivity contribution in [1.29, 1.82) is 0 Å². The zero-order chi connectivity index (χ0) is 24.5. The second-order valence-electron chi connectivity index (χ2n) is 8.20. The van der Waals surface area contributed by atoms with Crippen molar-refractivity contribution >= 4 is 39.2 Å². The van der Waals surface area contributed by atoms with Gasteiger partial charge in [0.1, 0.15) is 23.4 Å². The molecule has 9 nitrogen and oxygen atoms in total. The molecular weight excluding hydrogens is 484 g/mol. The van der Waals surface area contributed by atoms with Crippen molar-refractivity contribution in [2.75, 3.05) is 25.5 Å². The number of nitrogens with one attached hydrogen (secondary N) is 1. The molecule has 1 amide bonds. The molecule has 182 valence electrons. The summed E-state index contributed by atoms with van der Waals surface area (Å²) in [6.45, 7) is 0.178. The zero-order valence-corrected chi connectivity index (χ0v) is 20.3. The van der Waals surface area contributed by atoms with Gasteiger partial charge in [0.05, 0.1) is 36.3 Å². The van der Waals surface area contributed by atoms with Crippen LogP contribution >= 0.6 is 11.6 Å². The molecule has 2 heterocycles. The molecule has 3 atom stereocenters. The summed E-state index contributed by atoms with van der Waals surface area (Å²) in [6, 6.07) is 10.4. The minimum atomic E-state index is -3.96. The summed E-state index contributed by atoms with van der Waals surface area (Å²) in [5.41, 5.74) is 0.441. The van der Waals surface area contributed by atoms with Crippen LogP contribution in [0, 0.1) is 0 Å². The molecule has 11 heteroatoms. The van der Waals surface area contributed by atoms with Gasteiger partial charge in [-0.2, -0.15) is 0 Å². The highest BCUT2D eigenvalue weighted by Gasteiger charge is 2.39. The first kappa shape index (κ1) is 24.3. The van der Waals surface area contributed by atoms with E-state index in [9.17, 15) is 18.0 Å². The van der Waals surface area contributed by atoms with Gasteiger partial charge in [0.25, 0.3) is 15.9 Å². The number of fused-ring (bicyclic) bond motifs is 2. The van der Waals surface area contributed by atoms with Crippen molar-refractivity contribution < 1.29 is 32.2 Å². The third kappa shape index (κ3) is 4.98. The van der Waals surface area contributed by atoms with Gasteiger partial charge in [-0.3, -0.25) is 14.3 Å². The average Bonchev–Trinajstić information content (AvgIpc) is 2.81. The SMILES string of the molecule is COC(=O)C[C@@H]1CC[C@H]2[C@@H](COc3ccc(NS(=O)(=O)c4ccccc4Cl)cc3C(=O)N2C)O1. The number of sulfonamides is 1. The van der Waals surface area contributed by atoms with Crippen LogP contribution in [0.3, 0.4) is 0 Å². The van der Waals surface area contributed by atoms with E-state index in [1.807, 2.05) is 0 Å². The van der Waals surface area contributed by atoms with Crippen LogP contribution in [0.1, 0.15) is 29.6 Å². The van der Waals surface area contributed by atoms with E-state index in [2.05, 4.69) is 4.72 Å². The molecule has 1 fully saturated rings. The van der Waals surface area contributed by atoms with Gasteiger partial charge in [0, 0.05) is 12.7 Å². The lowest BCUT2D eigenvalue weighted by molar-refractivity contribution is -0.151. The van der Waals surface area contributed by atoms with Gasteiger partial charge in [-0.15, -0.1) is 0 Å². The molecule has 0 unspecified atom stereocenters. The summed E-state index contributed by atoms with van der Waals surface area (Å²) in [6.07, 6.45) is 0.651. The number of rotatable bonds is 5. The molecule has 0 spiro atoms. The summed E-state index contributed by atoms with van der Waals surface area (Å²) in [7, 11) is -0.948. The van der Waals surface area contributed by atoms with Crippen LogP contribution < -0.4 is 9.46 Å². The Morgan fingerprint density at radius 1 is 1.24 bits per heavy atom. The maximum Gasteiger partial charge on any atom is 0.308 e. The highest BCUT2D eigenvalue weighted by atomic mass is 35.5. The number of hydrogen-bond donors (Lipinski definition) is 1. The molecule has 0 aliphatic carbocycles. The second kappa shape index (κ2) is 9.81. The summed E-state index contributed by atoms with van der Waals surface area (Å²) in [5, 5.41) is 0.0919. The smallest absolute Gasteiger partial charge is 0.308 e. The number of carbonyl (C=O) groups is 2. The number of anilines is 1. The number of ether oxygens (including phenoxy) is 3. The number of benzene rings is 2. The maximum atomic E-state index is 13.3. The van der Waals surface area contributed by atoms with E-state index in [-0.39, 0.29) is 58.2 Å². The number of methoxy groups -OCH3 is 1. The van der Waals surface area contributed by atoms with Crippen LogP contribution in [-0.4, -0.2) is 64.2 Å². The Kier molecular flexibility index (Phi) is 7.01. The Balaban J connectivity index is 1.56. The van der Waals surface area contributed by atoms with E-state index in [4.69, 9.17) is 25.8 Å². The number of likely N-dealkylation sites (N-methyl/N-ethyl adjacent to an activating group) is 1. The molecule has 2 aromatic rings. The second-order valence-corrected chi connectivity index (χ2v) is 10.3. The summed E-state index contributed by atoms with van der Waals surface area (Å²) in [5.74, 6) is -0.357. The fourth-order valence-corrected chi connectivity index (χ4v) is 5.80. The van der Waals surface area contributed by atoms with Crippen LogP contribution in [-0.2, 0) is 24.3 Å². The lowest BCUT2D eigenvalue weighted by atomic mass is 9.94. The summed E-state index contributed by atoms with van der Waals surface area (Å²) >= 11 is 6.05. The van der Waals surface area contributed by atoms with Crippen LogP contribution in [0.5, 0.6) is 5.75 Å². The van der Waals surface area contributed by atoms with E-state index in [0.29, 0.717) is 18.6 Å². The van der Waals surface area contributed by atoms with Crippen LogP contribution in [0.4, 0.5) is 5.69 Å². The monoisotopic (exact) mass is 508 g/mol. The number of amides is 1. The summed E-state index contributed by atoms with van der Waals surface area (Å²) in [4.78, 5) is 26.5. The van der Waals surface area contributed by atoms with Crippen molar-refractivity contribution in [2.24, 2.45) is 0 Å². The normalized spacial score (nSPS) is 22.5. The van der Waals surface area contributed by atoms with E-state index < -0.39 is 16.1 Å². The van der Waals surface area contributed by atoms with Crippen LogP contribution in [0.2, 0.25) is 5.02 Å². The van der Waals surface area contributed by atoms with E-state index >= 15 is 0 Å². The first-order chi connectivity index (χ1) is 16.2. The van der Waals surface area contributed by atoms with Crippen molar-refractivity contribution in [1.82, 2.24) is 4.90 Å². The molecule has 2 aliphatic rings. The van der Waals surface area contributed by atoms with Gasteiger partial charge in [-0.05, 0) is 43.2 Å². The van der Waals surface area contributed by atoms with Crippen molar-refractivity contribution in [2.45, 2.75) is 42.4 Å². The molecule has 2 aliphatic heterocycles. The molecule has 1 N–H and O–H groups in total. The number of hydrogen-bond acceptors (Lipinski definition) is 7. The molecule has 0 saturated carbocycles. The largest absolute Gasteiger partial charge is 0.490 e. The quantitative estimate of drug-likeness (QED) is 0.618. The molecule has 1 saturated heterocycles. The molecule has 4 rings (SSSR count). The fourth-order valence-electron chi connectivity index (χ4n) is 4.23. The Labute approximate surface area is 203 Å². The lowest BCUT2D eigenvalue weighted by Crippen LogP contribution is -2.53. The number of carbonyl (C=O) groups excluding carboxylic acids is 2. The summed E-state index contributed by atoms with van der Waals surface area (Å²) < 4.78 is 44.8. The molecule has 2 aromatic carbocycles. The minimum Gasteiger partial charge on any atom is -0.490 e. The zero-order valence-electron chi connectivity index (χ0n) is 18.7. The van der Waals surface area contributed by atoms with E-state index in [1.165, 1.54) is 31.4 Å². The lowest BCUT2D eigenvalue weighted by Gasteiger charge is -2.42. The van der Waals surface area contributed by atoms with Gasteiger partial charge in [0.15, 0.2) is 0 Å².